The van der Waals surface area contributed by atoms with E-state index < -0.39 is 10.8 Å². The summed E-state index contributed by atoms with van der Waals surface area (Å²) in [6.45, 7) is -0.226. The normalized spacial score (nSPS) is 10.7. The number of carbonyl (C=O) groups is 1. The number of benzene rings is 2. The highest BCUT2D eigenvalue weighted by Crippen LogP contribution is 2.36. The number of hydrazone groups is 1. The zero-order valence-electron chi connectivity index (χ0n) is 12.4. The molecule has 2 aromatic rings. The number of amides is 1. The van der Waals surface area contributed by atoms with Crippen molar-refractivity contribution in [2.24, 2.45) is 5.10 Å². The van der Waals surface area contributed by atoms with Gasteiger partial charge in [-0.2, -0.15) is 5.10 Å². The Morgan fingerprint density at radius 2 is 1.80 bits per heavy atom. The minimum absolute atomic E-state index is 0.0137. The van der Waals surface area contributed by atoms with E-state index in [9.17, 15) is 14.9 Å². The van der Waals surface area contributed by atoms with Gasteiger partial charge in [-0.25, -0.2) is 5.43 Å². The van der Waals surface area contributed by atoms with E-state index in [-0.39, 0.29) is 12.3 Å². The van der Waals surface area contributed by atoms with Crippen LogP contribution in [0.2, 0.25) is 0 Å². The third-order valence-electron chi connectivity index (χ3n) is 2.82. The monoisotopic (exact) mass is 533 g/mol. The van der Waals surface area contributed by atoms with Gasteiger partial charge in [0.15, 0.2) is 6.61 Å². The van der Waals surface area contributed by atoms with E-state index in [1.54, 1.807) is 12.1 Å². The molecule has 0 unspecified atom stereocenters. The summed E-state index contributed by atoms with van der Waals surface area (Å²) in [4.78, 5) is 21.8. The van der Waals surface area contributed by atoms with Gasteiger partial charge < -0.3 is 4.74 Å². The van der Waals surface area contributed by atoms with Crippen molar-refractivity contribution in [3.05, 3.63) is 65.5 Å². The van der Waals surface area contributed by atoms with E-state index in [0.29, 0.717) is 20.3 Å². The summed E-state index contributed by atoms with van der Waals surface area (Å²) in [6, 6.07) is 9.36. The van der Waals surface area contributed by atoms with Crippen LogP contribution in [-0.2, 0) is 4.79 Å². The molecule has 0 saturated heterocycles. The first kappa shape index (κ1) is 19.5. The first-order valence-electron chi connectivity index (χ1n) is 6.70. The van der Waals surface area contributed by atoms with Crippen LogP contribution < -0.4 is 10.2 Å². The SMILES string of the molecule is O=C(COc1c(Br)cc(Br)cc1Br)N/N=C/c1ccc([N+](=O)[O-])cc1. The van der Waals surface area contributed by atoms with Crippen molar-refractivity contribution in [2.45, 2.75) is 0 Å². The van der Waals surface area contributed by atoms with Crippen LogP contribution in [0.25, 0.3) is 0 Å². The fraction of sp³-hybridized carbons (Fsp3) is 0.0667. The first-order chi connectivity index (χ1) is 11.9. The largest absolute Gasteiger partial charge is 0.481 e. The Morgan fingerprint density at radius 1 is 1.20 bits per heavy atom. The molecule has 0 aliphatic heterocycles. The summed E-state index contributed by atoms with van der Waals surface area (Å²) >= 11 is 10.1. The highest BCUT2D eigenvalue weighted by Gasteiger charge is 2.10. The van der Waals surface area contributed by atoms with Crippen LogP contribution in [0.1, 0.15) is 5.56 Å². The van der Waals surface area contributed by atoms with Crippen LogP contribution in [0.5, 0.6) is 5.75 Å². The molecule has 0 heterocycles. The average Bonchev–Trinajstić information content (AvgIpc) is 2.54. The number of rotatable bonds is 6. The van der Waals surface area contributed by atoms with Gasteiger partial charge in [-0.3, -0.25) is 14.9 Å². The molecule has 1 N–H and O–H groups in total. The Bertz CT molecular complexity index is 802. The Morgan fingerprint density at radius 3 is 2.36 bits per heavy atom. The molecule has 10 heteroatoms. The van der Waals surface area contributed by atoms with Crippen molar-refractivity contribution in [3.8, 4) is 5.75 Å². The lowest BCUT2D eigenvalue weighted by Gasteiger charge is -2.09. The third kappa shape index (κ3) is 5.91. The lowest BCUT2D eigenvalue weighted by Crippen LogP contribution is -2.24. The van der Waals surface area contributed by atoms with Gasteiger partial charge in [0.2, 0.25) is 0 Å². The highest BCUT2D eigenvalue weighted by molar-refractivity contribution is 9.11. The summed E-state index contributed by atoms with van der Waals surface area (Å²) in [5.74, 6) is 0.0533. The van der Waals surface area contributed by atoms with Crippen LogP contribution in [0.3, 0.4) is 0 Å². The van der Waals surface area contributed by atoms with Gasteiger partial charge in [0.25, 0.3) is 11.6 Å². The summed E-state index contributed by atoms with van der Waals surface area (Å²) in [7, 11) is 0. The standard InChI is InChI=1S/C15H10Br3N3O4/c16-10-5-12(17)15(13(18)6-10)25-8-14(22)20-19-7-9-1-3-11(4-2-9)21(23)24/h1-7H,8H2,(H,20,22)/b19-7+. The van der Waals surface area contributed by atoms with Crippen molar-refractivity contribution in [1.29, 1.82) is 0 Å². The Hall–Kier alpha value is -1.78. The fourth-order valence-corrected chi connectivity index (χ4v) is 4.19. The van der Waals surface area contributed by atoms with E-state index in [0.717, 1.165) is 4.47 Å². The number of carbonyl (C=O) groups excluding carboxylic acids is 1. The molecule has 130 valence electrons. The molecule has 0 aliphatic rings. The Labute approximate surface area is 168 Å². The van der Waals surface area contributed by atoms with Crippen molar-refractivity contribution < 1.29 is 14.5 Å². The topological polar surface area (TPSA) is 93.8 Å². The van der Waals surface area contributed by atoms with Crippen LogP contribution in [0.4, 0.5) is 5.69 Å². The minimum atomic E-state index is -0.488. The fourth-order valence-electron chi connectivity index (χ4n) is 1.70. The lowest BCUT2D eigenvalue weighted by atomic mass is 10.2. The van der Waals surface area contributed by atoms with Crippen LogP contribution in [-0.4, -0.2) is 23.7 Å². The second kappa shape index (κ2) is 9.07. The zero-order chi connectivity index (χ0) is 18.4. The molecular weight excluding hydrogens is 526 g/mol. The van der Waals surface area contributed by atoms with E-state index in [2.05, 4.69) is 58.3 Å². The van der Waals surface area contributed by atoms with E-state index >= 15 is 0 Å². The molecule has 0 radical (unpaired) electrons. The predicted molar refractivity (Wildman–Crippen MR) is 104 cm³/mol. The van der Waals surface area contributed by atoms with Gasteiger partial charge in [-0.1, -0.05) is 15.9 Å². The maximum Gasteiger partial charge on any atom is 0.277 e. The molecule has 1 amide bonds. The molecule has 7 nitrogen and oxygen atoms in total. The van der Waals surface area contributed by atoms with Gasteiger partial charge >= 0.3 is 0 Å². The number of halogens is 3. The van der Waals surface area contributed by atoms with E-state index in [1.165, 1.54) is 30.5 Å². The molecule has 25 heavy (non-hydrogen) atoms. The minimum Gasteiger partial charge on any atom is -0.481 e. The summed E-state index contributed by atoms with van der Waals surface area (Å²) < 4.78 is 7.69. The number of nitrogens with zero attached hydrogens (tertiary/aromatic N) is 2. The molecule has 2 aromatic carbocycles. The predicted octanol–water partition coefficient (Wildman–Crippen LogP) is 4.41. The molecule has 0 spiro atoms. The number of hydrogen-bond acceptors (Lipinski definition) is 5. The van der Waals surface area contributed by atoms with Crippen molar-refractivity contribution in [1.82, 2.24) is 5.43 Å². The number of ether oxygens (including phenoxy) is 1. The number of nitro groups is 1. The summed E-state index contributed by atoms with van der Waals surface area (Å²) in [5.41, 5.74) is 2.92. The number of hydrogen-bond donors (Lipinski definition) is 1. The quantitative estimate of drug-likeness (QED) is 0.337. The number of nitro benzene ring substituents is 1. The second-order valence-electron chi connectivity index (χ2n) is 4.63. The Kier molecular flexibility index (Phi) is 7.09. The molecule has 2 rings (SSSR count). The van der Waals surface area contributed by atoms with Gasteiger partial charge in [-0.15, -0.1) is 0 Å². The number of nitrogens with one attached hydrogen (secondary N) is 1. The molecular formula is C15H10Br3N3O4. The molecule has 0 fully saturated rings. The van der Waals surface area contributed by atoms with Crippen molar-refractivity contribution >= 4 is 65.6 Å². The highest BCUT2D eigenvalue weighted by atomic mass is 79.9. The maximum atomic E-state index is 11.8. The van der Waals surface area contributed by atoms with Crippen LogP contribution in [0, 0.1) is 10.1 Å². The third-order valence-corrected chi connectivity index (χ3v) is 4.45. The number of non-ortho nitro benzene ring substituents is 1. The van der Waals surface area contributed by atoms with Gasteiger partial charge in [-0.05, 0) is 61.7 Å². The summed E-state index contributed by atoms with van der Waals surface area (Å²) in [6.07, 6.45) is 1.38. The van der Waals surface area contributed by atoms with Crippen molar-refractivity contribution in [2.75, 3.05) is 6.61 Å². The Balaban J connectivity index is 1.87. The average molecular weight is 536 g/mol. The molecule has 0 bridgehead atoms. The molecule has 0 aromatic heterocycles. The molecule has 0 saturated carbocycles. The van der Waals surface area contributed by atoms with Gasteiger partial charge in [0.05, 0.1) is 20.1 Å². The van der Waals surface area contributed by atoms with Crippen molar-refractivity contribution in [3.63, 3.8) is 0 Å². The smallest absolute Gasteiger partial charge is 0.277 e. The zero-order valence-corrected chi connectivity index (χ0v) is 17.2. The maximum absolute atomic E-state index is 11.8. The van der Waals surface area contributed by atoms with Crippen LogP contribution >= 0.6 is 47.8 Å². The van der Waals surface area contributed by atoms with Gasteiger partial charge in [0, 0.05) is 16.6 Å². The molecule has 0 atom stereocenters. The first-order valence-corrected chi connectivity index (χ1v) is 9.08. The van der Waals surface area contributed by atoms with E-state index in [4.69, 9.17) is 4.74 Å². The lowest BCUT2D eigenvalue weighted by molar-refractivity contribution is -0.384. The summed E-state index contributed by atoms with van der Waals surface area (Å²) in [5, 5.41) is 14.3. The van der Waals surface area contributed by atoms with E-state index in [1.807, 2.05) is 0 Å². The van der Waals surface area contributed by atoms with Gasteiger partial charge in [0.1, 0.15) is 5.75 Å². The molecule has 0 aliphatic carbocycles. The van der Waals surface area contributed by atoms with Crippen LogP contribution in [0.15, 0.2) is 54.9 Å². The second-order valence-corrected chi connectivity index (χ2v) is 7.25.